The quantitative estimate of drug-likeness (QED) is 0.502. The Morgan fingerprint density at radius 1 is 1.19 bits per heavy atom. The third-order valence-electron chi connectivity index (χ3n) is 6.23. The fraction of sp³-hybridized carbons (Fsp3) is 0.250. The largest absolute Gasteiger partial charge is 0.347 e. The van der Waals surface area contributed by atoms with Crippen molar-refractivity contribution >= 4 is 20.9 Å². The van der Waals surface area contributed by atoms with Crippen LogP contribution in [0.1, 0.15) is 18.9 Å². The number of nitrogens with zero attached hydrogens (tertiary/aromatic N) is 4. The van der Waals surface area contributed by atoms with Crippen LogP contribution in [-0.4, -0.2) is 40.1 Å². The van der Waals surface area contributed by atoms with Gasteiger partial charge in [0.15, 0.2) is 0 Å². The number of aromatic nitrogens is 3. The molecule has 0 amide bonds. The van der Waals surface area contributed by atoms with E-state index in [1.165, 1.54) is 6.07 Å². The third kappa shape index (κ3) is 3.60. The number of hydrogen-bond donors (Lipinski definition) is 1. The summed E-state index contributed by atoms with van der Waals surface area (Å²) in [6, 6.07) is 16.6. The summed E-state index contributed by atoms with van der Waals surface area (Å²) in [6.07, 6.45) is 6.55. The monoisotopic (exact) mass is 445 g/mol. The van der Waals surface area contributed by atoms with E-state index < -0.39 is 10.0 Å². The third-order valence-corrected chi connectivity index (χ3v) is 8.21. The van der Waals surface area contributed by atoms with Crippen molar-refractivity contribution in [1.29, 1.82) is 5.26 Å². The summed E-state index contributed by atoms with van der Waals surface area (Å²) in [6.45, 7) is 3.17. The van der Waals surface area contributed by atoms with Crippen LogP contribution in [0.2, 0.25) is 0 Å². The molecule has 1 fully saturated rings. The predicted octanol–water partition coefficient (Wildman–Crippen LogP) is 4.00. The molecule has 4 aromatic rings. The molecule has 0 aliphatic carbocycles. The predicted molar refractivity (Wildman–Crippen MR) is 122 cm³/mol. The lowest BCUT2D eigenvalue weighted by Crippen LogP contribution is -2.34. The molecule has 0 unspecified atom stereocenters. The molecule has 0 spiro atoms. The van der Waals surface area contributed by atoms with Crippen LogP contribution in [0, 0.1) is 17.2 Å². The minimum absolute atomic E-state index is 0.0924. The van der Waals surface area contributed by atoms with Gasteiger partial charge in [-0.25, -0.2) is 8.42 Å². The minimum Gasteiger partial charge on any atom is -0.347 e. The Morgan fingerprint density at radius 2 is 2.06 bits per heavy atom. The Balaban J connectivity index is 1.36. The van der Waals surface area contributed by atoms with E-state index in [0.717, 1.165) is 35.0 Å². The number of hydrogen-bond acceptors (Lipinski definition) is 4. The molecule has 7 nitrogen and oxygen atoms in total. The van der Waals surface area contributed by atoms with Crippen molar-refractivity contribution in [2.45, 2.75) is 30.8 Å². The summed E-state index contributed by atoms with van der Waals surface area (Å²) >= 11 is 0. The number of benzene rings is 2. The number of nitriles is 1. The molecule has 2 aromatic heterocycles. The van der Waals surface area contributed by atoms with Crippen molar-refractivity contribution in [3.63, 3.8) is 0 Å². The Morgan fingerprint density at radius 3 is 2.84 bits per heavy atom. The van der Waals surface area contributed by atoms with E-state index >= 15 is 0 Å². The first-order chi connectivity index (χ1) is 15.5. The maximum absolute atomic E-state index is 13.2. The fourth-order valence-electron chi connectivity index (χ4n) is 4.66. The van der Waals surface area contributed by atoms with E-state index in [4.69, 9.17) is 5.26 Å². The lowest BCUT2D eigenvalue weighted by atomic mass is 10.1. The van der Waals surface area contributed by atoms with E-state index in [1.807, 2.05) is 19.2 Å². The van der Waals surface area contributed by atoms with Crippen molar-refractivity contribution < 1.29 is 8.42 Å². The second-order valence-electron chi connectivity index (χ2n) is 8.39. The SMILES string of the molecule is C[C@H]1C[C@H](Cn2ccc3cc(-c4cn[nH]c4)ccc32)CN1S(=O)(=O)c1cccc(C#N)c1. The lowest BCUT2D eigenvalue weighted by molar-refractivity contribution is 0.399. The van der Waals surface area contributed by atoms with Crippen LogP contribution in [0.4, 0.5) is 0 Å². The summed E-state index contributed by atoms with van der Waals surface area (Å²) < 4.78 is 30.2. The zero-order valence-corrected chi connectivity index (χ0v) is 18.5. The van der Waals surface area contributed by atoms with E-state index in [-0.39, 0.29) is 16.9 Å². The van der Waals surface area contributed by atoms with Gasteiger partial charge in [-0.3, -0.25) is 5.10 Å². The zero-order chi connectivity index (χ0) is 22.3. The smallest absolute Gasteiger partial charge is 0.243 e. The fourth-order valence-corrected chi connectivity index (χ4v) is 6.43. The zero-order valence-electron chi connectivity index (χ0n) is 17.6. The second-order valence-corrected chi connectivity index (χ2v) is 10.3. The molecular weight excluding hydrogens is 422 g/mol. The molecular formula is C24H23N5O2S. The van der Waals surface area contributed by atoms with Crippen molar-refractivity contribution in [3.05, 3.63) is 72.7 Å². The maximum Gasteiger partial charge on any atom is 0.243 e. The molecule has 1 N–H and O–H groups in total. The number of nitrogens with one attached hydrogen (secondary N) is 1. The molecule has 2 aromatic carbocycles. The van der Waals surface area contributed by atoms with Crippen molar-refractivity contribution in [1.82, 2.24) is 19.1 Å². The van der Waals surface area contributed by atoms with Crippen LogP contribution in [0.3, 0.4) is 0 Å². The van der Waals surface area contributed by atoms with Gasteiger partial charge in [0.25, 0.3) is 0 Å². The highest BCUT2D eigenvalue weighted by molar-refractivity contribution is 7.89. The molecule has 0 bridgehead atoms. The van der Waals surface area contributed by atoms with Crippen LogP contribution in [0.5, 0.6) is 0 Å². The molecule has 2 atom stereocenters. The normalized spacial score (nSPS) is 19.4. The van der Waals surface area contributed by atoms with Crippen LogP contribution >= 0.6 is 0 Å². The average Bonchev–Trinajstić information content (AvgIpc) is 3.54. The van der Waals surface area contributed by atoms with Gasteiger partial charge in [0.1, 0.15) is 0 Å². The number of rotatable bonds is 5. The summed E-state index contributed by atoms with van der Waals surface area (Å²) in [7, 11) is -3.64. The minimum atomic E-state index is -3.64. The number of H-pyrrole nitrogens is 1. The summed E-state index contributed by atoms with van der Waals surface area (Å²) in [5.41, 5.74) is 3.64. The topological polar surface area (TPSA) is 94.8 Å². The first-order valence-electron chi connectivity index (χ1n) is 10.6. The lowest BCUT2D eigenvalue weighted by Gasteiger charge is -2.21. The molecule has 162 valence electrons. The second kappa shape index (κ2) is 7.93. The Bertz CT molecular complexity index is 1420. The van der Waals surface area contributed by atoms with Crippen LogP contribution in [0.25, 0.3) is 22.0 Å². The Labute approximate surface area is 187 Å². The highest BCUT2D eigenvalue weighted by Crippen LogP contribution is 2.32. The summed E-state index contributed by atoms with van der Waals surface area (Å²) in [4.78, 5) is 0.183. The maximum atomic E-state index is 13.2. The highest BCUT2D eigenvalue weighted by atomic mass is 32.2. The molecule has 8 heteroatoms. The van der Waals surface area contributed by atoms with E-state index in [0.29, 0.717) is 12.1 Å². The van der Waals surface area contributed by atoms with Gasteiger partial charge < -0.3 is 4.57 Å². The Kier molecular flexibility index (Phi) is 5.08. The van der Waals surface area contributed by atoms with Gasteiger partial charge in [-0.05, 0) is 61.2 Å². The molecule has 1 saturated heterocycles. The number of fused-ring (bicyclic) bond motifs is 1. The van der Waals surface area contributed by atoms with Crippen LogP contribution in [-0.2, 0) is 16.6 Å². The summed E-state index contributed by atoms with van der Waals surface area (Å²) in [5.74, 6) is 0.211. The molecule has 5 rings (SSSR count). The van der Waals surface area contributed by atoms with Crippen molar-refractivity contribution in [2.24, 2.45) is 5.92 Å². The molecule has 0 saturated carbocycles. The van der Waals surface area contributed by atoms with Gasteiger partial charge >= 0.3 is 0 Å². The van der Waals surface area contributed by atoms with Gasteiger partial charge in [0.05, 0.1) is 22.7 Å². The number of aromatic amines is 1. The van der Waals surface area contributed by atoms with Gasteiger partial charge in [0, 0.05) is 48.0 Å². The van der Waals surface area contributed by atoms with Gasteiger partial charge in [0.2, 0.25) is 10.0 Å². The molecule has 1 aliphatic rings. The molecule has 32 heavy (non-hydrogen) atoms. The van der Waals surface area contributed by atoms with E-state index in [1.54, 1.807) is 28.7 Å². The van der Waals surface area contributed by atoms with Crippen molar-refractivity contribution in [2.75, 3.05) is 6.54 Å². The van der Waals surface area contributed by atoms with E-state index in [2.05, 4.69) is 45.2 Å². The molecule has 0 radical (unpaired) electrons. The van der Waals surface area contributed by atoms with Gasteiger partial charge in [-0.1, -0.05) is 12.1 Å². The molecule has 3 heterocycles. The van der Waals surface area contributed by atoms with Crippen LogP contribution < -0.4 is 0 Å². The van der Waals surface area contributed by atoms with E-state index in [9.17, 15) is 8.42 Å². The van der Waals surface area contributed by atoms with Gasteiger partial charge in [-0.15, -0.1) is 0 Å². The first kappa shape index (κ1) is 20.5. The molecule has 1 aliphatic heterocycles. The Hall–Kier alpha value is -3.41. The number of sulfonamides is 1. The first-order valence-corrected chi connectivity index (χ1v) is 12.0. The van der Waals surface area contributed by atoms with Gasteiger partial charge in [-0.2, -0.15) is 14.7 Å². The van der Waals surface area contributed by atoms with Crippen LogP contribution in [0.15, 0.2) is 72.0 Å². The van der Waals surface area contributed by atoms with Crippen molar-refractivity contribution in [3.8, 4) is 17.2 Å². The summed E-state index contributed by atoms with van der Waals surface area (Å²) in [5, 5.41) is 17.1. The highest BCUT2D eigenvalue weighted by Gasteiger charge is 2.38. The average molecular weight is 446 g/mol. The standard InChI is InChI=1S/C24H23N5O2S/c1-17-9-19(16-29(17)32(30,31)23-4-2-3-18(10-23)12-25)15-28-8-7-21-11-20(5-6-24(21)28)22-13-26-27-14-22/h2-8,10-11,13-14,17,19H,9,15-16H2,1H3,(H,26,27)/t17-,19+/m0/s1.